The van der Waals surface area contributed by atoms with Gasteiger partial charge in [0, 0.05) is 6.07 Å². The van der Waals surface area contributed by atoms with Gasteiger partial charge in [-0.3, -0.25) is 4.79 Å². The van der Waals surface area contributed by atoms with E-state index in [4.69, 9.17) is 4.74 Å². The molecule has 4 nitrogen and oxygen atoms in total. The minimum atomic E-state index is -1.000. The van der Waals surface area contributed by atoms with E-state index >= 15 is 0 Å². The smallest absolute Gasteiger partial charge is 0.263 e. The summed E-state index contributed by atoms with van der Waals surface area (Å²) in [5, 5.41) is 2.49. The maximum atomic E-state index is 13.0. The van der Waals surface area contributed by atoms with E-state index in [9.17, 15) is 13.6 Å². The third kappa shape index (κ3) is 4.09. The lowest BCUT2D eigenvalue weighted by Crippen LogP contribution is -2.11. The molecule has 108 valence electrons. The number of nitrogens with zero attached hydrogens (tertiary/aromatic N) is 1. The van der Waals surface area contributed by atoms with Gasteiger partial charge in [-0.25, -0.2) is 13.8 Å². The maximum Gasteiger partial charge on any atom is 0.263 e. The average Bonchev–Trinajstić information content (AvgIpc) is 2.45. The summed E-state index contributed by atoms with van der Waals surface area (Å²) in [7, 11) is 0. The Bertz CT molecular complexity index is 690. The number of hydrogen-bond donors (Lipinski definition) is 1. The van der Waals surface area contributed by atoms with Crippen LogP contribution in [-0.2, 0) is 4.79 Å². The van der Waals surface area contributed by atoms with Gasteiger partial charge in [-0.05, 0) is 40.2 Å². The highest BCUT2D eigenvalue weighted by molar-refractivity contribution is 9.12. The number of benzene rings is 1. The summed E-state index contributed by atoms with van der Waals surface area (Å²) >= 11 is 2.94. The molecule has 0 atom stereocenters. The number of anilines is 1. The number of carbonyl (C=O) groups is 1. The third-order valence-corrected chi connectivity index (χ3v) is 2.71. The largest absolute Gasteiger partial charge is 0.456 e. The maximum absolute atomic E-state index is 13.0. The molecule has 0 aliphatic heterocycles. The van der Waals surface area contributed by atoms with Gasteiger partial charge in [0.15, 0.2) is 11.6 Å². The average molecular weight is 355 g/mol. The van der Waals surface area contributed by atoms with Crippen molar-refractivity contribution in [2.24, 2.45) is 0 Å². The minimum absolute atomic E-state index is 0.140. The predicted molar refractivity (Wildman–Crippen MR) is 77.4 cm³/mol. The van der Waals surface area contributed by atoms with Crippen molar-refractivity contribution < 1.29 is 18.3 Å². The van der Waals surface area contributed by atoms with E-state index in [-0.39, 0.29) is 10.2 Å². The normalized spacial score (nSPS) is 10.0. The van der Waals surface area contributed by atoms with E-state index in [1.54, 1.807) is 0 Å². The summed E-state index contributed by atoms with van der Waals surface area (Å²) in [6.45, 7) is 3.43. The molecule has 0 saturated carbocycles. The van der Waals surface area contributed by atoms with Crippen molar-refractivity contribution in [2.75, 3.05) is 5.32 Å². The van der Waals surface area contributed by atoms with Crippen LogP contribution < -0.4 is 10.1 Å². The summed E-state index contributed by atoms with van der Waals surface area (Å²) in [6, 6.07) is 6.22. The first-order chi connectivity index (χ1) is 9.95. The van der Waals surface area contributed by atoms with Crippen molar-refractivity contribution in [3.63, 3.8) is 0 Å². The highest BCUT2D eigenvalue weighted by Gasteiger charge is 2.07. The zero-order valence-corrected chi connectivity index (χ0v) is 12.2. The van der Waals surface area contributed by atoms with Gasteiger partial charge >= 0.3 is 0 Å². The van der Waals surface area contributed by atoms with Crippen molar-refractivity contribution in [1.82, 2.24) is 4.98 Å². The van der Waals surface area contributed by atoms with Crippen molar-refractivity contribution in [1.29, 1.82) is 0 Å². The first-order valence-corrected chi connectivity index (χ1v) is 6.50. The number of halogens is 3. The number of rotatable bonds is 4. The molecule has 0 bridgehead atoms. The molecule has 0 fully saturated rings. The quantitative estimate of drug-likeness (QED) is 0.844. The Morgan fingerprint density at radius 2 is 1.90 bits per heavy atom. The first kappa shape index (κ1) is 15.1. The number of ether oxygens (including phenoxy) is 1. The Morgan fingerprint density at radius 1 is 1.19 bits per heavy atom. The molecule has 0 aliphatic carbocycles. The number of pyridine rings is 1. The van der Waals surface area contributed by atoms with Crippen LogP contribution in [0.2, 0.25) is 0 Å². The first-order valence-electron chi connectivity index (χ1n) is 5.70. The second-order valence-electron chi connectivity index (χ2n) is 3.92. The van der Waals surface area contributed by atoms with Crippen LogP contribution in [0.1, 0.15) is 0 Å². The van der Waals surface area contributed by atoms with Crippen LogP contribution in [0.4, 0.5) is 14.6 Å². The number of hydrogen-bond acceptors (Lipinski definition) is 3. The van der Waals surface area contributed by atoms with Crippen LogP contribution in [0.15, 0.2) is 47.6 Å². The number of carbonyl (C=O) groups excluding carboxylic acids is 1. The van der Waals surface area contributed by atoms with E-state index in [1.807, 2.05) is 0 Å². The molecule has 1 heterocycles. The molecular formula is C14H9BrF2N2O2. The van der Waals surface area contributed by atoms with E-state index in [0.717, 1.165) is 12.1 Å². The Labute approximate surface area is 127 Å². The summed E-state index contributed by atoms with van der Waals surface area (Å²) < 4.78 is 31.3. The van der Waals surface area contributed by atoms with E-state index in [2.05, 4.69) is 32.8 Å². The van der Waals surface area contributed by atoms with Crippen molar-refractivity contribution >= 4 is 27.7 Å². The monoisotopic (exact) mass is 354 g/mol. The van der Waals surface area contributed by atoms with Crippen LogP contribution in [0.25, 0.3) is 0 Å². The van der Waals surface area contributed by atoms with Gasteiger partial charge in [0.2, 0.25) is 0 Å². The van der Waals surface area contributed by atoms with Crippen LogP contribution in [-0.4, -0.2) is 10.9 Å². The molecule has 1 N–H and O–H groups in total. The lowest BCUT2D eigenvalue weighted by atomic mass is 10.3. The number of amides is 1. The van der Waals surface area contributed by atoms with Gasteiger partial charge in [-0.15, -0.1) is 0 Å². The summed E-state index contributed by atoms with van der Waals surface area (Å²) in [5.41, 5.74) is 0. The molecule has 0 spiro atoms. The van der Waals surface area contributed by atoms with Crippen molar-refractivity contribution in [2.45, 2.75) is 0 Å². The van der Waals surface area contributed by atoms with Gasteiger partial charge in [0.05, 0.1) is 10.7 Å². The Morgan fingerprint density at radius 3 is 2.48 bits per heavy atom. The number of aromatic nitrogens is 1. The van der Waals surface area contributed by atoms with E-state index < -0.39 is 17.5 Å². The Hall–Kier alpha value is -2.28. The second-order valence-corrected chi connectivity index (χ2v) is 4.87. The summed E-state index contributed by atoms with van der Waals surface area (Å²) in [4.78, 5) is 15.3. The third-order valence-electron chi connectivity index (χ3n) is 2.35. The van der Waals surface area contributed by atoms with Gasteiger partial charge in [0.1, 0.15) is 17.3 Å². The molecule has 0 aliphatic rings. The van der Waals surface area contributed by atoms with Crippen molar-refractivity contribution in [3.8, 4) is 11.5 Å². The molecule has 1 aromatic carbocycles. The Balaban J connectivity index is 2.07. The zero-order chi connectivity index (χ0) is 15.4. The molecule has 0 unspecified atom stereocenters. The summed E-state index contributed by atoms with van der Waals surface area (Å²) in [6.07, 6.45) is 1.34. The highest BCUT2D eigenvalue weighted by Crippen LogP contribution is 2.23. The topological polar surface area (TPSA) is 51.2 Å². The highest BCUT2D eigenvalue weighted by atomic mass is 79.9. The van der Waals surface area contributed by atoms with Crippen LogP contribution >= 0.6 is 15.9 Å². The van der Waals surface area contributed by atoms with Crippen LogP contribution in [0.3, 0.4) is 0 Å². The minimum Gasteiger partial charge on any atom is -0.456 e. The van der Waals surface area contributed by atoms with Crippen LogP contribution in [0, 0.1) is 11.6 Å². The van der Waals surface area contributed by atoms with Gasteiger partial charge in [-0.2, -0.15) is 0 Å². The fraction of sp³-hybridized carbons (Fsp3) is 0. The van der Waals surface area contributed by atoms with Crippen molar-refractivity contribution in [3.05, 3.63) is 59.2 Å². The van der Waals surface area contributed by atoms with Gasteiger partial charge < -0.3 is 10.1 Å². The van der Waals surface area contributed by atoms with E-state index in [1.165, 1.54) is 24.4 Å². The summed E-state index contributed by atoms with van der Waals surface area (Å²) in [5.74, 6) is -1.61. The standard InChI is InChI=1S/C14H9BrF2N2O2/c1-8(15)14(20)19-13-5-3-10(7-18-13)21-9-2-4-11(16)12(17)6-9/h2-7H,1H2,(H,18,19,20). The fourth-order valence-corrected chi connectivity index (χ4v) is 1.47. The molecule has 0 saturated heterocycles. The van der Waals surface area contributed by atoms with Crippen LogP contribution in [0.5, 0.6) is 11.5 Å². The molecule has 21 heavy (non-hydrogen) atoms. The Kier molecular flexibility index (Phi) is 4.64. The van der Waals surface area contributed by atoms with E-state index in [0.29, 0.717) is 11.6 Å². The molecule has 7 heteroatoms. The number of nitrogens with one attached hydrogen (secondary N) is 1. The second kappa shape index (κ2) is 6.45. The fourth-order valence-electron chi connectivity index (χ4n) is 1.38. The molecule has 1 amide bonds. The molecule has 0 radical (unpaired) electrons. The molecular weight excluding hydrogens is 346 g/mol. The van der Waals surface area contributed by atoms with Gasteiger partial charge in [-0.1, -0.05) is 6.58 Å². The lowest BCUT2D eigenvalue weighted by molar-refractivity contribution is -0.112. The predicted octanol–water partition coefficient (Wildman–Crippen LogP) is 4.00. The SMILES string of the molecule is C=C(Br)C(=O)Nc1ccc(Oc2ccc(F)c(F)c2)cn1. The van der Waals surface area contributed by atoms with Gasteiger partial charge in [0.25, 0.3) is 5.91 Å². The molecule has 2 aromatic rings. The zero-order valence-electron chi connectivity index (χ0n) is 10.6. The molecule has 2 rings (SSSR count). The molecule has 1 aromatic heterocycles. The lowest BCUT2D eigenvalue weighted by Gasteiger charge is -2.07.